The fourth-order valence-electron chi connectivity index (χ4n) is 3.75. The minimum atomic E-state index is 0. The summed E-state index contributed by atoms with van der Waals surface area (Å²) in [6.45, 7) is 9.03. The molecule has 0 saturated carbocycles. The molecule has 1 aliphatic heterocycles. The number of guanidine groups is 1. The van der Waals surface area contributed by atoms with Gasteiger partial charge < -0.3 is 19.5 Å². The van der Waals surface area contributed by atoms with Gasteiger partial charge in [0.2, 0.25) is 0 Å². The normalized spacial score (nSPS) is 16.6. The Morgan fingerprint density at radius 2 is 2.07 bits per heavy atom. The second-order valence-electron chi connectivity index (χ2n) is 7.32. The number of ether oxygens (including phenoxy) is 1. The molecule has 1 fully saturated rings. The Morgan fingerprint density at radius 3 is 2.72 bits per heavy atom. The zero-order chi connectivity index (χ0) is 19.8. The summed E-state index contributed by atoms with van der Waals surface area (Å²) in [4.78, 5) is 11.6. The fraction of sp³-hybridized carbons (Fsp3) is 0.545. The van der Waals surface area contributed by atoms with Gasteiger partial charge in [-0.15, -0.1) is 24.0 Å². The smallest absolute Gasteiger partial charge is 0.193 e. The van der Waals surface area contributed by atoms with Crippen LogP contribution in [0.1, 0.15) is 43.5 Å². The molecular weight excluding hydrogens is 477 g/mol. The van der Waals surface area contributed by atoms with Crippen LogP contribution in [0.3, 0.4) is 0 Å². The Balaban J connectivity index is 0.00000300. The largest absolute Gasteiger partial charge is 0.497 e. The molecule has 1 aromatic carbocycles. The van der Waals surface area contributed by atoms with Crippen molar-refractivity contribution in [2.24, 2.45) is 4.99 Å². The molecule has 0 aliphatic carbocycles. The average Bonchev–Trinajstić information content (AvgIpc) is 3.36. The Hall–Kier alpha value is -1.77. The van der Waals surface area contributed by atoms with Gasteiger partial charge in [-0.05, 0) is 50.8 Å². The molecule has 29 heavy (non-hydrogen) atoms. The zero-order valence-corrected chi connectivity index (χ0v) is 20.1. The monoisotopic (exact) mass is 511 g/mol. The number of aliphatic imine (C=N–C) groups is 1. The van der Waals surface area contributed by atoms with Crippen LogP contribution in [0.2, 0.25) is 0 Å². The van der Waals surface area contributed by atoms with Gasteiger partial charge in [-0.25, -0.2) is 4.98 Å². The fourth-order valence-corrected chi connectivity index (χ4v) is 3.75. The maximum Gasteiger partial charge on any atom is 0.193 e. The van der Waals surface area contributed by atoms with E-state index in [0.717, 1.165) is 69.5 Å². The third kappa shape index (κ3) is 6.62. The van der Waals surface area contributed by atoms with Crippen molar-refractivity contribution in [3.05, 3.63) is 48.0 Å². The van der Waals surface area contributed by atoms with Gasteiger partial charge in [0.15, 0.2) is 5.96 Å². The molecule has 0 radical (unpaired) electrons. The number of unbranched alkanes of at least 4 members (excludes halogenated alkanes) is 1. The molecule has 2 aromatic rings. The summed E-state index contributed by atoms with van der Waals surface area (Å²) in [6, 6.07) is 8.49. The number of nitrogens with zero attached hydrogens (tertiary/aromatic N) is 4. The number of hydrogen-bond acceptors (Lipinski definition) is 3. The first-order chi connectivity index (χ1) is 13.7. The van der Waals surface area contributed by atoms with Crippen molar-refractivity contribution in [2.45, 2.75) is 45.6 Å². The SMILES string of the molecule is CCNC(=NCCCCn1ccnc1C)N1CCC(c2ccc(OC)cc2)C1.I. The summed E-state index contributed by atoms with van der Waals surface area (Å²) in [7, 11) is 1.71. The van der Waals surface area contributed by atoms with Crippen LogP contribution in [-0.2, 0) is 6.54 Å². The molecule has 0 amide bonds. The molecule has 160 valence electrons. The lowest BCUT2D eigenvalue weighted by molar-refractivity contribution is 0.414. The van der Waals surface area contributed by atoms with Crippen molar-refractivity contribution in [2.75, 3.05) is 33.3 Å². The van der Waals surface area contributed by atoms with E-state index in [2.05, 4.69) is 51.0 Å². The number of hydrogen-bond donors (Lipinski definition) is 1. The molecule has 3 rings (SSSR count). The molecule has 1 N–H and O–H groups in total. The lowest BCUT2D eigenvalue weighted by Gasteiger charge is -2.22. The summed E-state index contributed by atoms with van der Waals surface area (Å²) < 4.78 is 7.48. The number of nitrogens with one attached hydrogen (secondary N) is 1. The third-order valence-electron chi connectivity index (χ3n) is 5.40. The number of halogens is 1. The van der Waals surface area contributed by atoms with E-state index in [1.165, 1.54) is 5.56 Å². The number of benzene rings is 1. The Kier molecular flexibility index (Phi) is 9.76. The van der Waals surface area contributed by atoms with Crippen molar-refractivity contribution in [1.29, 1.82) is 0 Å². The number of imidazole rings is 1. The van der Waals surface area contributed by atoms with Crippen LogP contribution in [0, 0.1) is 6.92 Å². The van der Waals surface area contributed by atoms with E-state index in [0.29, 0.717) is 5.92 Å². The molecule has 1 unspecified atom stereocenters. The lowest BCUT2D eigenvalue weighted by Crippen LogP contribution is -2.40. The summed E-state index contributed by atoms with van der Waals surface area (Å²) >= 11 is 0. The first-order valence-electron chi connectivity index (χ1n) is 10.4. The standard InChI is InChI=1S/C22H33N5O.HI/c1-4-23-22(25-12-5-6-14-26-16-13-24-18(26)2)27-15-11-20(17-27)19-7-9-21(28-3)10-8-19;/h7-10,13,16,20H,4-6,11-12,14-15,17H2,1-3H3,(H,23,25);1H. The Morgan fingerprint density at radius 1 is 1.28 bits per heavy atom. The molecule has 7 heteroatoms. The van der Waals surface area contributed by atoms with Gasteiger partial charge in [-0.3, -0.25) is 4.99 Å². The molecule has 1 atom stereocenters. The van der Waals surface area contributed by atoms with Gasteiger partial charge >= 0.3 is 0 Å². The van der Waals surface area contributed by atoms with E-state index in [1.807, 2.05) is 19.3 Å². The highest BCUT2D eigenvalue weighted by Gasteiger charge is 2.26. The molecule has 1 aliphatic rings. The maximum atomic E-state index is 5.27. The van der Waals surface area contributed by atoms with Crippen molar-refractivity contribution in [3.8, 4) is 5.75 Å². The second kappa shape index (κ2) is 12.0. The van der Waals surface area contributed by atoms with Gasteiger partial charge in [-0.1, -0.05) is 12.1 Å². The van der Waals surface area contributed by atoms with E-state index < -0.39 is 0 Å². The average molecular weight is 511 g/mol. The van der Waals surface area contributed by atoms with Crippen molar-refractivity contribution in [3.63, 3.8) is 0 Å². The van der Waals surface area contributed by atoms with Crippen LogP contribution in [-0.4, -0.2) is 53.7 Å². The molecule has 2 heterocycles. The summed E-state index contributed by atoms with van der Waals surface area (Å²) in [6.07, 6.45) is 7.28. The van der Waals surface area contributed by atoms with Crippen molar-refractivity contribution in [1.82, 2.24) is 19.8 Å². The van der Waals surface area contributed by atoms with Crippen LogP contribution in [0.4, 0.5) is 0 Å². The Bertz CT molecular complexity index is 759. The van der Waals surface area contributed by atoms with Crippen molar-refractivity contribution < 1.29 is 4.74 Å². The number of aromatic nitrogens is 2. The first-order valence-corrected chi connectivity index (χ1v) is 10.4. The topological polar surface area (TPSA) is 54.7 Å². The van der Waals surface area contributed by atoms with Gasteiger partial charge in [0.25, 0.3) is 0 Å². The third-order valence-corrected chi connectivity index (χ3v) is 5.40. The minimum absolute atomic E-state index is 0. The molecular formula is C22H34IN5O. The highest BCUT2D eigenvalue weighted by Crippen LogP contribution is 2.28. The summed E-state index contributed by atoms with van der Waals surface area (Å²) in [5, 5.41) is 3.47. The van der Waals surface area contributed by atoms with Gasteiger partial charge in [-0.2, -0.15) is 0 Å². The number of likely N-dealkylation sites (tertiary alicyclic amines) is 1. The van der Waals surface area contributed by atoms with Crippen LogP contribution >= 0.6 is 24.0 Å². The summed E-state index contributed by atoms with van der Waals surface area (Å²) in [5.41, 5.74) is 1.38. The van der Waals surface area contributed by atoms with Gasteiger partial charge in [0, 0.05) is 51.0 Å². The number of methoxy groups -OCH3 is 1. The quantitative estimate of drug-likeness (QED) is 0.252. The van der Waals surface area contributed by atoms with Gasteiger partial charge in [0.05, 0.1) is 7.11 Å². The van der Waals surface area contributed by atoms with E-state index >= 15 is 0 Å². The van der Waals surface area contributed by atoms with Crippen LogP contribution in [0.15, 0.2) is 41.7 Å². The van der Waals surface area contributed by atoms with Crippen LogP contribution < -0.4 is 10.1 Å². The first kappa shape index (κ1) is 23.5. The van der Waals surface area contributed by atoms with E-state index in [-0.39, 0.29) is 24.0 Å². The highest BCUT2D eigenvalue weighted by atomic mass is 127. The molecule has 6 nitrogen and oxygen atoms in total. The molecule has 0 bridgehead atoms. The predicted octanol–water partition coefficient (Wildman–Crippen LogP) is 4.05. The number of rotatable bonds is 8. The lowest BCUT2D eigenvalue weighted by atomic mass is 9.98. The van der Waals surface area contributed by atoms with Crippen LogP contribution in [0.25, 0.3) is 0 Å². The van der Waals surface area contributed by atoms with Gasteiger partial charge in [0.1, 0.15) is 11.6 Å². The van der Waals surface area contributed by atoms with E-state index in [1.54, 1.807) is 7.11 Å². The Labute approximate surface area is 191 Å². The molecule has 1 saturated heterocycles. The van der Waals surface area contributed by atoms with Crippen LogP contribution in [0.5, 0.6) is 5.75 Å². The maximum absolute atomic E-state index is 5.27. The van der Waals surface area contributed by atoms with E-state index in [4.69, 9.17) is 9.73 Å². The van der Waals surface area contributed by atoms with Crippen molar-refractivity contribution >= 4 is 29.9 Å². The molecule has 0 spiro atoms. The summed E-state index contributed by atoms with van der Waals surface area (Å²) in [5.74, 6) is 3.61. The predicted molar refractivity (Wildman–Crippen MR) is 130 cm³/mol. The molecule has 1 aromatic heterocycles. The minimum Gasteiger partial charge on any atom is -0.497 e. The highest BCUT2D eigenvalue weighted by molar-refractivity contribution is 14.0. The zero-order valence-electron chi connectivity index (χ0n) is 17.8. The second-order valence-corrected chi connectivity index (χ2v) is 7.32. The number of aryl methyl sites for hydroxylation is 2. The van der Waals surface area contributed by atoms with E-state index in [9.17, 15) is 0 Å².